The molecule has 1 saturated heterocycles. The predicted octanol–water partition coefficient (Wildman–Crippen LogP) is 2.00. The van der Waals surface area contributed by atoms with Crippen LogP contribution in [0.25, 0.3) is 0 Å². The Bertz CT molecular complexity index is 453. The molecule has 2 atom stereocenters. The van der Waals surface area contributed by atoms with Crippen LogP contribution in [0.15, 0.2) is 18.2 Å². The van der Waals surface area contributed by atoms with Crippen LogP contribution in [-0.4, -0.2) is 23.7 Å². The number of benzene rings is 1. The lowest BCUT2D eigenvalue weighted by Crippen LogP contribution is -2.34. The first kappa shape index (κ1) is 12.9. The van der Waals surface area contributed by atoms with Crippen molar-refractivity contribution in [1.82, 2.24) is 5.32 Å². The van der Waals surface area contributed by atoms with E-state index in [0.717, 1.165) is 13.0 Å². The van der Waals surface area contributed by atoms with Crippen molar-refractivity contribution in [2.75, 3.05) is 6.61 Å². The summed E-state index contributed by atoms with van der Waals surface area (Å²) in [5.74, 6) is -0.796. The number of nitro groups is 1. The fourth-order valence-electron chi connectivity index (χ4n) is 2.06. The number of hydrogen-bond donors (Lipinski definition) is 1. The molecule has 6 heteroatoms. The summed E-state index contributed by atoms with van der Waals surface area (Å²) >= 11 is 0. The van der Waals surface area contributed by atoms with Crippen molar-refractivity contribution >= 4 is 5.69 Å². The highest BCUT2D eigenvalue weighted by Gasteiger charge is 2.23. The number of nitrogens with zero attached hydrogens (tertiary/aromatic N) is 1. The Kier molecular flexibility index (Phi) is 3.88. The van der Waals surface area contributed by atoms with Gasteiger partial charge in [-0.2, -0.15) is 4.39 Å². The Morgan fingerprint density at radius 1 is 1.61 bits per heavy atom. The van der Waals surface area contributed by atoms with Crippen LogP contribution < -0.4 is 5.32 Å². The van der Waals surface area contributed by atoms with Crippen LogP contribution in [0.2, 0.25) is 0 Å². The Hall–Kier alpha value is -1.53. The van der Waals surface area contributed by atoms with E-state index in [-0.39, 0.29) is 12.1 Å². The summed E-state index contributed by atoms with van der Waals surface area (Å²) in [7, 11) is 0. The summed E-state index contributed by atoms with van der Waals surface area (Å²) in [5.41, 5.74) is 0.202. The lowest BCUT2D eigenvalue weighted by molar-refractivity contribution is -0.387. The van der Waals surface area contributed by atoms with Crippen LogP contribution in [-0.2, 0) is 11.3 Å². The highest BCUT2D eigenvalue weighted by Crippen LogP contribution is 2.19. The standard InChI is InChI=1S/C12H15FN2O3/c1-8-11(4-5-18-8)14-7-9-2-3-12(15(16)17)10(13)6-9/h2-3,6,8,11,14H,4-5,7H2,1H3. The second-order valence-corrected chi connectivity index (χ2v) is 4.39. The summed E-state index contributed by atoms with van der Waals surface area (Å²) in [4.78, 5) is 9.75. The summed E-state index contributed by atoms with van der Waals surface area (Å²) in [6.07, 6.45) is 1.07. The third kappa shape index (κ3) is 2.83. The molecule has 1 aliphatic rings. The minimum atomic E-state index is -0.796. The number of nitro benzene ring substituents is 1. The highest BCUT2D eigenvalue weighted by atomic mass is 19.1. The zero-order valence-electron chi connectivity index (χ0n) is 10.1. The number of halogens is 1. The molecule has 1 aliphatic heterocycles. The van der Waals surface area contributed by atoms with Crippen molar-refractivity contribution < 1.29 is 14.1 Å². The van der Waals surface area contributed by atoms with Gasteiger partial charge in [0.1, 0.15) is 0 Å². The number of hydrogen-bond acceptors (Lipinski definition) is 4. The largest absolute Gasteiger partial charge is 0.377 e. The maximum Gasteiger partial charge on any atom is 0.304 e. The molecular weight excluding hydrogens is 239 g/mol. The van der Waals surface area contributed by atoms with E-state index >= 15 is 0 Å². The van der Waals surface area contributed by atoms with E-state index in [1.807, 2.05) is 6.92 Å². The third-order valence-corrected chi connectivity index (χ3v) is 3.15. The molecule has 1 aromatic carbocycles. The van der Waals surface area contributed by atoms with Crippen LogP contribution >= 0.6 is 0 Å². The maximum absolute atomic E-state index is 13.4. The molecule has 18 heavy (non-hydrogen) atoms. The SMILES string of the molecule is CC1OCCC1NCc1ccc([N+](=O)[O-])c(F)c1. The van der Waals surface area contributed by atoms with Crippen LogP contribution in [0.1, 0.15) is 18.9 Å². The topological polar surface area (TPSA) is 64.4 Å². The van der Waals surface area contributed by atoms with Crippen LogP contribution in [0, 0.1) is 15.9 Å². The van der Waals surface area contributed by atoms with E-state index in [0.29, 0.717) is 12.1 Å². The maximum atomic E-state index is 13.4. The van der Waals surface area contributed by atoms with Crippen LogP contribution in [0.5, 0.6) is 0 Å². The van der Waals surface area contributed by atoms with Crippen molar-refractivity contribution in [2.45, 2.75) is 32.0 Å². The Morgan fingerprint density at radius 3 is 2.94 bits per heavy atom. The van der Waals surface area contributed by atoms with Gasteiger partial charge in [-0.15, -0.1) is 0 Å². The zero-order chi connectivity index (χ0) is 13.1. The molecule has 2 rings (SSSR count). The van der Waals surface area contributed by atoms with Gasteiger partial charge in [0.25, 0.3) is 0 Å². The third-order valence-electron chi connectivity index (χ3n) is 3.15. The van der Waals surface area contributed by atoms with Crippen molar-refractivity contribution in [3.63, 3.8) is 0 Å². The lowest BCUT2D eigenvalue weighted by atomic mass is 10.1. The zero-order valence-corrected chi connectivity index (χ0v) is 10.1. The molecular formula is C12H15FN2O3. The summed E-state index contributed by atoms with van der Waals surface area (Å²) in [5, 5.41) is 13.7. The van der Waals surface area contributed by atoms with E-state index < -0.39 is 16.4 Å². The quantitative estimate of drug-likeness (QED) is 0.659. The van der Waals surface area contributed by atoms with E-state index in [1.54, 1.807) is 6.07 Å². The van der Waals surface area contributed by atoms with Gasteiger partial charge < -0.3 is 10.1 Å². The summed E-state index contributed by atoms with van der Waals surface area (Å²) in [6, 6.07) is 4.21. The average Bonchev–Trinajstić information content (AvgIpc) is 2.72. The van der Waals surface area contributed by atoms with Gasteiger partial charge in [0.2, 0.25) is 5.82 Å². The molecule has 1 heterocycles. The molecule has 5 nitrogen and oxygen atoms in total. The Balaban J connectivity index is 1.98. The molecule has 1 fully saturated rings. The number of ether oxygens (including phenoxy) is 1. The molecule has 1 N–H and O–H groups in total. The van der Waals surface area contributed by atoms with Crippen molar-refractivity contribution in [3.05, 3.63) is 39.7 Å². The Morgan fingerprint density at radius 2 is 2.39 bits per heavy atom. The minimum absolute atomic E-state index is 0.146. The van der Waals surface area contributed by atoms with Gasteiger partial charge >= 0.3 is 5.69 Å². The summed E-state index contributed by atoms with van der Waals surface area (Å²) < 4.78 is 18.8. The normalized spacial score (nSPS) is 23.2. The van der Waals surface area contributed by atoms with E-state index in [1.165, 1.54) is 12.1 Å². The van der Waals surface area contributed by atoms with Gasteiger partial charge in [-0.25, -0.2) is 0 Å². The van der Waals surface area contributed by atoms with Crippen molar-refractivity contribution in [3.8, 4) is 0 Å². The van der Waals surface area contributed by atoms with Crippen LogP contribution in [0.4, 0.5) is 10.1 Å². The minimum Gasteiger partial charge on any atom is -0.377 e. The molecule has 0 bridgehead atoms. The molecule has 1 aromatic rings. The van der Waals surface area contributed by atoms with E-state index in [9.17, 15) is 14.5 Å². The molecule has 0 aromatic heterocycles. The summed E-state index contributed by atoms with van der Waals surface area (Å²) in [6.45, 7) is 3.20. The average molecular weight is 254 g/mol. The highest BCUT2D eigenvalue weighted by molar-refractivity contribution is 5.34. The first-order chi connectivity index (χ1) is 8.58. The molecule has 0 amide bonds. The monoisotopic (exact) mass is 254 g/mol. The molecule has 0 aliphatic carbocycles. The molecule has 0 radical (unpaired) electrons. The predicted molar refractivity (Wildman–Crippen MR) is 63.7 cm³/mol. The number of rotatable bonds is 4. The first-order valence-corrected chi connectivity index (χ1v) is 5.85. The van der Waals surface area contributed by atoms with E-state index in [2.05, 4.69) is 5.32 Å². The van der Waals surface area contributed by atoms with E-state index in [4.69, 9.17) is 4.74 Å². The molecule has 98 valence electrons. The fraction of sp³-hybridized carbons (Fsp3) is 0.500. The smallest absolute Gasteiger partial charge is 0.304 e. The second kappa shape index (κ2) is 5.41. The van der Waals surface area contributed by atoms with Gasteiger partial charge in [0.05, 0.1) is 11.0 Å². The number of nitrogens with one attached hydrogen (secondary N) is 1. The van der Waals surface area contributed by atoms with Crippen molar-refractivity contribution in [2.24, 2.45) is 0 Å². The van der Waals surface area contributed by atoms with Crippen molar-refractivity contribution in [1.29, 1.82) is 0 Å². The van der Waals surface area contributed by atoms with Gasteiger partial charge in [0.15, 0.2) is 0 Å². The molecule has 2 unspecified atom stereocenters. The molecule has 0 spiro atoms. The van der Waals surface area contributed by atoms with Gasteiger partial charge in [-0.3, -0.25) is 10.1 Å². The Labute approximate surface area is 104 Å². The lowest BCUT2D eigenvalue weighted by Gasteiger charge is -2.15. The van der Waals surface area contributed by atoms with Crippen LogP contribution in [0.3, 0.4) is 0 Å². The van der Waals surface area contributed by atoms with Gasteiger partial charge in [0, 0.05) is 25.3 Å². The fourth-order valence-corrected chi connectivity index (χ4v) is 2.06. The van der Waals surface area contributed by atoms with Gasteiger partial charge in [-0.05, 0) is 25.0 Å². The van der Waals surface area contributed by atoms with Gasteiger partial charge in [-0.1, -0.05) is 6.07 Å². The second-order valence-electron chi connectivity index (χ2n) is 4.39. The first-order valence-electron chi connectivity index (χ1n) is 5.85. The molecule has 0 saturated carbocycles.